The fourth-order valence-electron chi connectivity index (χ4n) is 2.72. The predicted octanol–water partition coefficient (Wildman–Crippen LogP) is 5.85. The summed E-state index contributed by atoms with van der Waals surface area (Å²) in [5.74, 6) is -0.247. The number of pyridine rings is 1. The molecule has 1 heterocycles. The molecule has 0 spiro atoms. The highest BCUT2D eigenvalue weighted by atomic mass is 35.5. The second kappa shape index (κ2) is 9.56. The first kappa shape index (κ1) is 20.2. The van der Waals surface area contributed by atoms with Crippen LogP contribution in [-0.4, -0.2) is 17.6 Å². The number of aromatic nitrogens is 1. The van der Waals surface area contributed by atoms with Gasteiger partial charge in [-0.15, -0.1) is 0 Å². The van der Waals surface area contributed by atoms with E-state index in [2.05, 4.69) is 4.98 Å². The van der Waals surface area contributed by atoms with Crippen molar-refractivity contribution in [2.45, 2.75) is 27.2 Å². The van der Waals surface area contributed by atoms with Crippen LogP contribution in [0, 0.1) is 13.8 Å². The molecule has 1 aromatic carbocycles. The van der Waals surface area contributed by atoms with Crippen LogP contribution in [0.1, 0.15) is 29.3 Å². The molecular formula is C21H21Cl2NO2. The van der Waals surface area contributed by atoms with E-state index in [1.165, 1.54) is 5.54 Å². The van der Waals surface area contributed by atoms with Crippen molar-refractivity contribution in [3.63, 3.8) is 0 Å². The minimum absolute atomic E-state index is 0.211. The summed E-state index contributed by atoms with van der Waals surface area (Å²) in [6, 6.07) is 5.99. The molecular weight excluding hydrogens is 369 g/mol. The lowest BCUT2D eigenvalue weighted by atomic mass is 9.94. The van der Waals surface area contributed by atoms with Gasteiger partial charge in [0.25, 0.3) is 0 Å². The first-order chi connectivity index (χ1) is 12.5. The first-order valence-electron chi connectivity index (χ1n) is 8.32. The second-order valence-electron chi connectivity index (χ2n) is 5.79. The van der Waals surface area contributed by atoms with Crippen molar-refractivity contribution in [2.24, 2.45) is 0 Å². The highest BCUT2D eigenvalue weighted by molar-refractivity contribution is 6.33. The van der Waals surface area contributed by atoms with Crippen LogP contribution in [0.3, 0.4) is 0 Å². The van der Waals surface area contributed by atoms with Crippen molar-refractivity contribution in [1.29, 1.82) is 0 Å². The van der Waals surface area contributed by atoms with Gasteiger partial charge in [0.05, 0.1) is 18.5 Å². The number of hydrogen-bond donors (Lipinski definition) is 0. The van der Waals surface area contributed by atoms with E-state index in [1.54, 1.807) is 19.1 Å². The number of carbonyl (C=O) groups is 1. The molecule has 0 atom stereocenters. The third kappa shape index (κ3) is 5.20. The summed E-state index contributed by atoms with van der Waals surface area (Å²) < 4.78 is 5.13. The number of ether oxygens (including phenoxy) is 1. The van der Waals surface area contributed by atoms with E-state index in [0.29, 0.717) is 11.6 Å². The first-order valence-corrected chi connectivity index (χ1v) is 9.13. The molecule has 0 aliphatic heterocycles. The minimum atomic E-state index is -0.247. The lowest BCUT2D eigenvalue weighted by Crippen LogP contribution is -2.10. The van der Waals surface area contributed by atoms with E-state index < -0.39 is 0 Å². The van der Waals surface area contributed by atoms with Gasteiger partial charge in [0.1, 0.15) is 0 Å². The summed E-state index contributed by atoms with van der Waals surface area (Å²) in [4.78, 5) is 16.7. The molecule has 2 rings (SSSR count). The number of allylic oxidation sites excluding steroid dienone is 4. The number of rotatable bonds is 6. The van der Waals surface area contributed by atoms with Gasteiger partial charge in [-0.25, -0.2) is 0 Å². The molecule has 0 aliphatic carbocycles. The summed E-state index contributed by atoms with van der Waals surface area (Å²) in [7, 11) is 0. The van der Waals surface area contributed by atoms with E-state index in [1.807, 2.05) is 44.2 Å². The molecule has 0 saturated heterocycles. The number of carbonyl (C=O) groups excluding carboxylic acids is 1. The zero-order valence-corrected chi connectivity index (χ0v) is 16.6. The van der Waals surface area contributed by atoms with Crippen LogP contribution < -0.4 is 0 Å². The summed E-state index contributed by atoms with van der Waals surface area (Å²) >= 11 is 11.6. The van der Waals surface area contributed by atoms with Crippen molar-refractivity contribution in [3.8, 4) is 0 Å². The van der Waals surface area contributed by atoms with E-state index in [9.17, 15) is 4.79 Å². The van der Waals surface area contributed by atoms with Crippen LogP contribution in [-0.2, 0) is 16.0 Å². The number of esters is 1. The van der Waals surface area contributed by atoms with Crippen molar-refractivity contribution >= 4 is 46.2 Å². The highest BCUT2D eigenvalue weighted by Crippen LogP contribution is 2.27. The van der Waals surface area contributed by atoms with Crippen molar-refractivity contribution in [2.75, 3.05) is 6.61 Å². The third-order valence-corrected chi connectivity index (χ3v) is 4.25. The Balaban J connectivity index is 2.59. The minimum Gasteiger partial charge on any atom is -0.466 e. The predicted molar refractivity (Wildman–Crippen MR) is 110 cm³/mol. The molecule has 0 saturated carbocycles. The van der Waals surface area contributed by atoms with Crippen molar-refractivity contribution < 1.29 is 9.53 Å². The topological polar surface area (TPSA) is 39.2 Å². The molecule has 0 amide bonds. The van der Waals surface area contributed by atoms with Crippen LogP contribution in [0.4, 0.5) is 0 Å². The van der Waals surface area contributed by atoms with Crippen LogP contribution in [0.2, 0.25) is 0 Å². The number of halogens is 2. The smallest absolute Gasteiger partial charge is 0.310 e. The maximum atomic E-state index is 12.1. The van der Waals surface area contributed by atoms with Gasteiger partial charge in [0, 0.05) is 21.6 Å². The van der Waals surface area contributed by atoms with Gasteiger partial charge in [-0.05, 0) is 61.7 Å². The SMILES string of the molecule is CCOC(=O)Cc1c(C)cc2nc(C)ccc2c1/C=C/C=C(Cl)\C=C\Cl. The number of aryl methyl sites for hydroxylation is 2. The molecule has 0 N–H and O–H groups in total. The highest BCUT2D eigenvalue weighted by Gasteiger charge is 2.14. The average Bonchev–Trinajstić information content (AvgIpc) is 2.57. The Kier molecular flexibility index (Phi) is 7.43. The molecule has 3 nitrogen and oxygen atoms in total. The second-order valence-corrected chi connectivity index (χ2v) is 6.48. The normalized spacial score (nSPS) is 12.4. The lowest BCUT2D eigenvalue weighted by molar-refractivity contribution is -0.142. The van der Waals surface area contributed by atoms with Crippen LogP contribution in [0.5, 0.6) is 0 Å². The molecule has 0 aliphatic rings. The van der Waals surface area contributed by atoms with E-state index >= 15 is 0 Å². The largest absolute Gasteiger partial charge is 0.466 e. The van der Waals surface area contributed by atoms with E-state index in [4.69, 9.17) is 27.9 Å². The molecule has 26 heavy (non-hydrogen) atoms. The maximum absolute atomic E-state index is 12.1. The Labute approximate surface area is 164 Å². The van der Waals surface area contributed by atoms with Gasteiger partial charge in [-0.2, -0.15) is 0 Å². The Bertz CT molecular complexity index is 899. The average molecular weight is 390 g/mol. The number of fused-ring (bicyclic) bond motifs is 1. The number of benzene rings is 1. The summed E-state index contributed by atoms with van der Waals surface area (Å²) in [6.45, 7) is 6.10. The molecule has 136 valence electrons. The quantitative estimate of drug-likeness (QED) is 0.459. The van der Waals surface area contributed by atoms with E-state index in [-0.39, 0.29) is 12.4 Å². The van der Waals surface area contributed by atoms with Crippen molar-refractivity contribution in [3.05, 3.63) is 69.4 Å². The molecule has 5 heteroatoms. The van der Waals surface area contributed by atoms with Crippen LogP contribution in [0.25, 0.3) is 17.0 Å². The Morgan fingerprint density at radius 1 is 1.31 bits per heavy atom. The van der Waals surface area contributed by atoms with Gasteiger partial charge < -0.3 is 4.74 Å². The summed E-state index contributed by atoms with van der Waals surface area (Å²) in [5, 5.41) is 1.49. The van der Waals surface area contributed by atoms with Crippen LogP contribution >= 0.6 is 23.2 Å². The fraction of sp³-hybridized carbons (Fsp3) is 0.238. The van der Waals surface area contributed by atoms with Gasteiger partial charge in [-0.1, -0.05) is 41.4 Å². The standard InChI is InChI=1S/C21H21Cl2NO2/c1-4-26-21(25)13-19-14(2)12-20-18(9-8-15(3)24-20)17(19)7-5-6-16(23)10-11-22/h5-12H,4,13H2,1-3H3/b7-5+,11-10+,16-6+. The Hall–Kier alpha value is -2.10. The number of nitrogens with zero attached hydrogens (tertiary/aromatic N) is 1. The lowest BCUT2D eigenvalue weighted by Gasteiger charge is -2.13. The summed E-state index contributed by atoms with van der Waals surface area (Å²) in [6.07, 6.45) is 7.31. The van der Waals surface area contributed by atoms with Crippen LogP contribution in [0.15, 0.2) is 47.0 Å². The zero-order valence-electron chi connectivity index (χ0n) is 15.1. The van der Waals surface area contributed by atoms with E-state index in [0.717, 1.165) is 33.3 Å². The molecule has 2 aromatic rings. The molecule has 0 bridgehead atoms. The van der Waals surface area contributed by atoms with Crippen molar-refractivity contribution in [1.82, 2.24) is 4.98 Å². The monoisotopic (exact) mass is 389 g/mol. The Morgan fingerprint density at radius 3 is 2.77 bits per heavy atom. The van der Waals surface area contributed by atoms with Gasteiger partial charge in [0.15, 0.2) is 0 Å². The fourth-order valence-corrected chi connectivity index (χ4v) is 3.05. The zero-order chi connectivity index (χ0) is 19.1. The summed E-state index contributed by atoms with van der Waals surface area (Å²) in [5.41, 5.74) is 6.06. The Morgan fingerprint density at radius 2 is 2.08 bits per heavy atom. The molecule has 0 unspecified atom stereocenters. The third-order valence-electron chi connectivity index (χ3n) is 3.88. The van der Waals surface area contributed by atoms with Gasteiger partial charge in [0.2, 0.25) is 0 Å². The molecule has 0 radical (unpaired) electrons. The molecule has 1 aromatic heterocycles. The van der Waals surface area contributed by atoms with Gasteiger partial charge in [-0.3, -0.25) is 9.78 Å². The van der Waals surface area contributed by atoms with Gasteiger partial charge >= 0.3 is 5.97 Å². The molecule has 0 fully saturated rings. The maximum Gasteiger partial charge on any atom is 0.310 e. The number of hydrogen-bond acceptors (Lipinski definition) is 3.